The van der Waals surface area contributed by atoms with E-state index in [0.29, 0.717) is 6.04 Å². The van der Waals surface area contributed by atoms with Crippen molar-refractivity contribution in [2.75, 3.05) is 6.54 Å². The third-order valence-electron chi connectivity index (χ3n) is 3.17. The van der Waals surface area contributed by atoms with E-state index >= 15 is 0 Å². The van der Waals surface area contributed by atoms with Gasteiger partial charge in [0, 0.05) is 12.2 Å². The molecule has 0 spiro atoms. The van der Waals surface area contributed by atoms with Crippen LogP contribution in [0.4, 0.5) is 0 Å². The monoisotopic (exact) mass is 291 g/mol. The fraction of sp³-hybridized carbons (Fsp3) is 0.308. The predicted molar refractivity (Wildman–Crippen MR) is 71.2 cm³/mol. The molecular weight excluding hydrogens is 278 g/mol. The van der Waals surface area contributed by atoms with Crippen LogP contribution in [0.25, 0.3) is 5.69 Å². The molecule has 17 heavy (non-hydrogen) atoms. The van der Waals surface area contributed by atoms with Crippen LogP contribution < -0.4 is 5.32 Å². The Morgan fingerprint density at radius 3 is 2.71 bits per heavy atom. The summed E-state index contributed by atoms with van der Waals surface area (Å²) in [5.74, 6) is 0. The molecule has 1 N–H and O–H groups in total. The van der Waals surface area contributed by atoms with Gasteiger partial charge in [-0.2, -0.15) is 5.10 Å². The molecule has 1 aliphatic rings. The van der Waals surface area contributed by atoms with Gasteiger partial charge in [-0.25, -0.2) is 4.68 Å². The van der Waals surface area contributed by atoms with Crippen LogP contribution in [0.5, 0.6) is 0 Å². The Morgan fingerprint density at radius 1 is 1.29 bits per heavy atom. The highest BCUT2D eigenvalue weighted by molar-refractivity contribution is 9.10. The van der Waals surface area contributed by atoms with Crippen molar-refractivity contribution < 1.29 is 0 Å². The van der Waals surface area contributed by atoms with Crippen LogP contribution in [0.1, 0.15) is 24.4 Å². The Kier molecular flexibility index (Phi) is 2.99. The predicted octanol–water partition coefficient (Wildman–Crippen LogP) is 3.06. The number of nitrogens with zero attached hydrogens (tertiary/aromatic N) is 2. The quantitative estimate of drug-likeness (QED) is 0.922. The minimum Gasteiger partial charge on any atom is -0.310 e. The van der Waals surface area contributed by atoms with Gasteiger partial charge in [0.2, 0.25) is 0 Å². The first-order valence-corrected chi connectivity index (χ1v) is 6.66. The summed E-state index contributed by atoms with van der Waals surface area (Å²) in [5.41, 5.74) is 2.47. The largest absolute Gasteiger partial charge is 0.310 e. The van der Waals surface area contributed by atoms with Crippen molar-refractivity contribution in [3.63, 3.8) is 0 Å². The number of halogens is 1. The Balaban J connectivity index is 1.84. The molecular formula is C13H14BrN3. The third kappa shape index (κ3) is 2.28. The van der Waals surface area contributed by atoms with E-state index in [-0.39, 0.29) is 0 Å². The zero-order valence-electron chi connectivity index (χ0n) is 9.44. The maximum absolute atomic E-state index is 4.27. The van der Waals surface area contributed by atoms with E-state index < -0.39 is 0 Å². The summed E-state index contributed by atoms with van der Waals surface area (Å²) in [5, 5.41) is 7.77. The number of aromatic nitrogens is 2. The lowest BCUT2D eigenvalue weighted by molar-refractivity contribution is 0.647. The summed E-state index contributed by atoms with van der Waals surface area (Å²) < 4.78 is 2.87. The summed E-state index contributed by atoms with van der Waals surface area (Å²) in [6.45, 7) is 1.14. The highest BCUT2D eigenvalue weighted by Crippen LogP contribution is 2.23. The van der Waals surface area contributed by atoms with Gasteiger partial charge >= 0.3 is 0 Å². The fourth-order valence-electron chi connectivity index (χ4n) is 2.27. The fourth-order valence-corrected chi connectivity index (χ4v) is 2.56. The topological polar surface area (TPSA) is 29.9 Å². The van der Waals surface area contributed by atoms with E-state index in [1.807, 2.05) is 10.9 Å². The van der Waals surface area contributed by atoms with Gasteiger partial charge in [-0.1, -0.05) is 12.1 Å². The molecule has 1 aromatic carbocycles. The maximum atomic E-state index is 4.27. The van der Waals surface area contributed by atoms with Gasteiger partial charge in [-0.3, -0.25) is 0 Å². The Bertz CT molecular complexity index is 498. The van der Waals surface area contributed by atoms with Crippen molar-refractivity contribution in [2.24, 2.45) is 0 Å². The van der Waals surface area contributed by atoms with Gasteiger partial charge in [-0.15, -0.1) is 0 Å². The molecule has 0 aliphatic carbocycles. The van der Waals surface area contributed by atoms with E-state index in [9.17, 15) is 0 Å². The molecule has 0 bridgehead atoms. The second kappa shape index (κ2) is 4.63. The van der Waals surface area contributed by atoms with Gasteiger partial charge in [0.05, 0.1) is 16.4 Å². The standard InChI is InChI=1S/C13H14BrN3/c14-11-8-16-17(9-11)12-5-3-10(4-6-12)13-2-1-7-15-13/h3-6,8-9,13,15H,1-2,7H2. The van der Waals surface area contributed by atoms with Gasteiger partial charge < -0.3 is 5.32 Å². The molecule has 2 aromatic rings. The van der Waals surface area contributed by atoms with Crippen LogP contribution in [0.3, 0.4) is 0 Å². The molecule has 0 radical (unpaired) electrons. The normalized spacial score (nSPS) is 19.7. The molecule has 3 rings (SSSR count). The molecule has 2 heterocycles. The number of nitrogens with one attached hydrogen (secondary N) is 1. The molecule has 88 valence electrons. The smallest absolute Gasteiger partial charge is 0.0646 e. The zero-order chi connectivity index (χ0) is 11.7. The first-order chi connectivity index (χ1) is 8.33. The second-order valence-corrected chi connectivity index (χ2v) is 5.26. The number of hydrogen-bond donors (Lipinski definition) is 1. The SMILES string of the molecule is Brc1cnn(-c2ccc(C3CCCN3)cc2)c1. The van der Waals surface area contributed by atoms with Gasteiger partial charge in [0.25, 0.3) is 0 Å². The molecule has 3 nitrogen and oxygen atoms in total. The van der Waals surface area contributed by atoms with E-state index in [4.69, 9.17) is 0 Å². The molecule has 0 saturated carbocycles. The summed E-state index contributed by atoms with van der Waals surface area (Å²) in [4.78, 5) is 0. The lowest BCUT2D eigenvalue weighted by Gasteiger charge is -2.11. The minimum absolute atomic E-state index is 0.536. The molecule has 1 saturated heterocycles. The second-order valence-electron chi connectivity index (χ2n) is 4.34. The lowest BCUT2D eigenvalue weighted by Crippen LogP contribution is -2.12. The lowest BCUT2D eigenvalue weighted by atomic mass is 10.1. The number of hydrogen-bond acceptors (Lipinski definition) is 2. The average Bonchev–Trinajstić information content (AvgIpc) is 3.00. The first kappa shape index (κ1) is 11.0. The number of benzene rings is 1. The van der Waals surface area contributed by atoms with Crippen LogP contribution in [0.15, 0.2) is 41.1 Å². The van der Waals surface area contributed by atoms with Gasteiger partial charge in [-0.05, 0) is 53.0 Å². The van der Waals surface area contributed by atoms with Crippen molar-refractivity contribution in [1.29, 1.82) is 0 Å². The van der Waals surface area contributed by atoms with Crippen molar-refractivity contribution in [1.82, 2.24) is 15.1 Å². The highest BCUT2D eigenvalue weighted by Gasteiger charge is 2.15. The molecule has 0 amide bonds. The summed E-state index contributed by atoms with van der Waals surface area (Å²) in [6.07, 6.45) is 6.28. The molecule has 1 aliphatic heterocycles. The molecule has 1 fully saturated rings. The highest BCUT2D eigenvalue weighted by atomic mass is 79.9. The Morgan fingerprint density at radius 2 is 2.12 bits per heavy atom. The summed E-state index contributed by atoms with van der Waals surface area (Å²) >= 11 is 3.40. The molecule has 1 atom stereocenters. The van der Waals surface area contributed by atoms with Crippen LogP contribution in [-0.2, 0) is 0 Å². The van der Waals surface area contributed by atoms with E-state index in [1.54, 1.807) is 6.20 Å². The van der Waals surface area contributed by atoms with Crippen LogP contribution in [0.2, 0.25) is 0 Å². The molecule has 1 aromatic heterocycles. The van der Waals surface area contributed by atoms with Crippen molar-refractivity contribution in [2.45, 2.75) is 18.9 Å². The van der Waals surface area contributed by atoms with Crippen molar-refractivity contribution >= 4 is 15.9 Å². The first-order valence-electron chi connectivity index (χ1n) is 5.87. The van der Waals surface area contributed by atoms with E-state index in [2.05, 4.69) is 50.6 Å². The average molecular weight is 292 g/mol. The Labute approximate surface area is 109 Å². The van der Waals surface area contributed by atoms with Crippen molar-refractivity contribution in [3.05, 3.63) is 46.7 Å². The van der Waals surface area contributed by atoms with Gasteiger partial charge in [0.15, 0.2) is 0 Å². The third-order valence-corrected chi connectivity index (χ3v) is 3.58. The van der Waals surface area contributed by atoms with Crippen LogP contribution in [-0.4, -0.2) is 16.3 Å². The Hall–Kier alpha value is -1.13. The molecule has 4 heteroatoms. The maximum Gasteiger partial charge on any atom is 0.0646 e. The molecule has 1 unspecified atom stereocenters. The summed E-state index contributed by atoms with van der Waals surface area (Å²) in [7, 11) is 0. The van der Waals surface area contributed by atoms with Gasteiger partial charge in [0.1, 0.15) is 0 Å². The minimum atomic E-state index is 0.536. The zero-order valence-corrected chi connectivity index (χ0v) is 11.0. The van der Waals surface area contributed by atoms with Crippen LogP contribution in [0, 0.1) is 0 Å². The number of rotatable bonds is 2. The van der Waals surface area contributed by atoms with Crippen molar-refractivity contribution in [3.8, 4) is 5.69 Å². The van der Waals surface area contributed by atoms with E-state index in [0.717, 1.165) is 16.7 Å². The summed E-state index contributed by atoms with van der Waals surface area (Å²) in [6, 6.07) is 9.15. The van der Waals surface area contributed by atoms with E-state index in [1.165, 1.54) is 18.4 Å². The van der Waals surface area contributed by atoms with Crippen LogP contribution >= 0.6 is 15.9 Å².